The lowest BCUT2D eigenvalue weighted by Gasteiger charge is -2.14. The van der Waals surface area contributed by atoms with Gasteiger partial charge in [-0.25, -0.2) is 0 Å². The van der Waals surface area contributed by atoms with Crippen molar-refractivity contribution < 1.29 is 0 Å². The Morgan fingerprint density at radius 3 is 2.89 bits per heavy atom. The topological polar surface area (TPSA) is 24.9 Å². The van der Waals surface area contributed by atoms with Gasteiger partial charge < -0.3 is 5.32 Å². The first-order chi connectivity index (χ1) is 9.24. The molecular weight excluding hydrogens is 320 g/mol. The van der Waals surface area contributed by atoms with E-state index in [2.05, 4.69) is 56.7 Å². The Labute approximate surface area is 124 Å². The van der Waals surface area contributed by atoms with Gasteiger partial charge in [-0.15, -0.1) is 11.3 Å². The molecule has 2 nitrogen and oxygen atoms in total. The summed E-state index contributed by atoms with van der Waals surface area (Å²) in [4.78, 5) is 5.77. The molecule has 3 rings (SSSR count). The number of para-hydroxylation sites is 1. The van der Waals surface area contributed by atoms with Gasteiger partial charge in [0.1, 0.15) is 0 Å². The van der Waals surface area contributed by atoms with Crippen molar-refractivity contribution in [3.8, 4) is 0 Å². The summed E-state index contributed by atoms with van der Waals surface area (Å²) >= 11 is 5.33. The second-order valence-electron chi connectivity index (χ2n) is 4.42. The highest BCUT2D eigenvalue weighted by atomic mass is 79.9. The van der Waals surface area contributed by atoms with Crippen molar-refractivity contribution in [2.45, 2.75) is 13.0 Å². The molecule has 3 aromatic rings. The lowest BCUT2D eigenvalue weighted by molar-refractivity contribution is 0.902. The van der Waals surface area contributed by atoms with Crippen LogP contribution >= 0.6 is 27.3 Å². The van der Waals surface area contributed by atoms with Crippen LogP contribution in [0, 0.1) is 0 Å². The molecule has 96 valence electrons. The maximum atomic E-state index is 4.47. The fourth-order valence-electron chi connectivity index (χ4n) is 2.08. The molecule has 0 amide bonds. The van der Waals surface area contributed by atoms with E-state index in [1.807, 2.05) is 24.4 Å². The normalized spacial score (nSPS) is 12.5. The van der Waals surface area contributed by atoms with E-state index in [1.165, 1.54) is 4.88 Å². The zero-order chi connectivity index (χ0) is 13.2. The number of nitrogens with one attached hydrogen (secondary N) is 1. The second kappa shape index (κ2) is 5.31. The molecular formula is C15H13BrN2S. The van der Waals surface area contributed by atoms with Gasteiger partial charge >= 0.3 is 0 Å². The molecule has 4 heteroatoms. The zero-order valence-corrected chi connectivity index (χ0v) is 12.8. The number of benzene rings is 1. The van der Waals surface area contributed by atoms with Crippen molar-refractivity contribution in [3.63, 3.8) is 0 Å². The zero-order valence-electron chi connectivity index (χ0n) is 10.4. The SMILES string of the molecule is CC(Nc1cnc2ccccc2c1)c1sccc1Br. The molecule has 2 aromatic heterocycles. The molecule has 0 saturated carbocycles. The lowest BCUT2D eigenvalue weighted by Crippen LogP contribution is -2.05. The Morgan fingerprint density at radius 1 is 1.26 bits per heavy atom. The summed E-state index contributed by atoms with van der Waals surface area (Å²) < 4.78 is 1.16. The van der Waals surface area contributed by atoms with E-state index < -0.39 is 0 Å². The average Bonchev–Trinajstić information content (AvgIpc) is 2.85. The van der Waals surface area contributed by atoms with Crippen LogP contribution in [0.1, 0.15) is 17.8 Å². The Kier molecular flexibility index (Phi) is 3.53. The summed E-state index contributed by atoms with van der Waals surface area (Å²) in [7, 11) is 0. The summed E-state index contributed by atoms with van der Waals surface area (Å²) in [5, 5.41) is 6.75. The van der Waals surface area contributed by atoms with Crippen LogP contribution in [0.2, 0.25) is 0 Å². The highest BCUT2D eigenvalue weighted by molar-refractivity contribution is 9.10. The minimum atomic E-state index is 0.261. The van der Waals surface area contributed by atoms with E-state index in [0.717, 1.165) is 21.1 Å². The summed E-state index contributed by atoms with van der Waals surface area (Å²) in [6, 6.07) is 12.6. The van der Waals surface area contributed by atoms with Crippen LogP contribution in [0.3, 0.4) is 0 Å². The van der Waals surface area contributed by atoms with Gasteiger partial charge in [-0.1, -0.05) is 18.2 Å². The second-order valence-corrected chi connectivity index (χ2v) is 6.22. The molecule has 0 saturated heterocycles. The van der Waals surface area contributed by atoms with Crippen molar-refractivity contribution in [1.82, 2.24) is 4.98 Å². The third kappa shape index (κ3) is 2.65. The fourth-order valence-corrected chi connectivity index (χ4v) is 3.81. The number of rotatable bonds is 3. The van der Waals surface area contributed by atoms with E-state index in [1.54, 1.807) is 11.3 Å². The number of nitrogens with zero attached hydrogens (tertiary/aromatic N) is 1. The standard InChI is InChI=1S/C15H13BrN2S/c1-10(15-13(16)6-7-19-15)18-12-8-11-4-2-3-5-14(11)17-9-12/h2-10,18H,1H3. The maximum absolute atomic E-state index is 4.47. The van der Waals surface area contributed by atoms with Gasteiger partial charge in [0.2, 0.25) is 0 Å². The van der Waals surface area contributed by atoms with E-state index in [4.69, 9.17) is 0 Å². The molecule has 0 aliphatic carbocycles. The van der Waals surface area contributed by atoms with Crippen molar-refractivity contribution in [1.29, 1.82) is 0 Å². The number of aromatic nitrogens is 1. The first-order valence-corrected chi connectivity index (χ1v) is 7.75. The lowest BCUT2D eigenvalue weighted by atomic mass is 10.2. The molecule has 19 heavy (non-hydrogen) atoms. The van der Waals surface area contributed by atoms with Crippen LogP contribution in [0.4, 0.5) is 5.69 Å². The highest BCUT2D eigenvalue weighted by Crippen LogP contribution is 2.31. The Morgan fingerprint density at radius 2 is 2.11 bits per heavy atom. The van der Waals surface area contributed by atoms with Gasteiger partial charge in [0.25, 0.3) is 0 Å². The summed E-state index contributed by atoms with van der Waals surface area (Å²) in [6.45, 7) is 2.16. The van der Waals surface area contributed by atoms with E-state index >= 15 is 0 Å². The van der Waals surface area contributed by atoms with Gasteiger partial charge in [-0.2, -0.15) is 0 Å². The van der Waals surface area contributed by atoms with Crippen molar-refractivity contribution in [2.24, 2.45) is 0 Å². The predicted octanol–water partition coefficient (Wildman–Crippen LogP) is 5.23. The van der Waals surface area contributed by atoms with Crippen LogP contribution in [0.25, 0.3) is 10.9 Å². The molecule has 0 fully saturated rings. The molecule has 0 aliphatic rings. The Balaban J connectivity index is 1.87. The maximum Gasteiger partial charge on any atom is 0.0703 e. The third-order valence-electron chi connectivity index (χ3n) is 3.01. The number of fused-ring (bicyclic) bond motifs is 1. The van der Waals surface area contributed by atoms with Crippen molar-refractivity contribution in [2.75, 3.05) is 5.32 Å². The van der Waals surface area contributed by atoms with Gasteiger partial charge in [0.05, 0.1) is 23.4 Å². The van der Waals surface area contributed by atoms with Crippen molar-refractivity contribution in [3.05, 3.63) is 57.3 Å². The van der Waals surface area contributed by atoms with Crippen LogP contribution in [0.5, 0.6) is 0 Å². The number of hydrogen-bond acceptors (Lipinski definition) is 3. The van der Waals surface area contributed by atoms with Crippen LogP contribution in [0.15, 0.2) is 52.4 Å². The van der Waals surface area contributed by atoms with Crippen molar-refractivity contribution >= 4 is 43.9 Å². The predicted molar refractivity (Wildman–Crippen MR) is 85.8 cm³/mol. The average molecular weight is 333 g/mol. The third-order valence-corrected chi connectivity index (χ3v) is 5.07. The molecule has 0 spiro atoms. The van der Waals surface area contributed by atoms with Crippen LogP contribution < -0.4 is 5.32 Å². The first kappa shape index (κ1) is 12.6. The summed E-state index contributed by atoms with van der Waals surface area (Å²) in [5.74, 6) is 0. The number of halogens is 1. The number of hydrogen-bond donors (Lipinski definition) is 1. The first-order valence-electron chi connectivity index (χ1n) is 6.08. The fraction of sp³-hybridized carbons (Fsp3) is 0.133. The van der Waals surface area contributed by atoms with E-state index in [0.29, 0.717) is 0 Å². The number of pyridine rings is 1. The monoisotopic (exact) mass is 332 g/mol. The van der Waals surface area contributed by atoms with E-state index in [9.17, 15) is 0 Å². The smallest absolute Gasteiger partial charge is 0.0703 e. The molecule has 1 aromatic carbocycles. The Bertz CT molecular complexity index is 708. The summed E-state index contributed by atoms with van der Waals surface area (Å²) in [5.41, 5.74) is 2.07. The molecule has 0 aliphatic heterocycles. The quantitative estimate of drug-likeness (QED) is 0.710. The minimum Gasteiger partial charge on any atom is -0.376 e. The van der Waals surface area contributed by atoms with Gasteiger partial charge in [0, 0.05) is 14.7 Å². The molecule has 2 heterocycles. The number of thiophene rings is 1. The van der Waals surface area contributed by atoms with Gasteiger partial charge in [-0.05, 0) is 46.4 Å². The molecule has 1 N–H and O–H groups in total. The molecule has 0 bridgehead atoms. The van der Waals surface area contributed by atoms with Crippen LogP contribution in [-0.4, -0.2) is 4.98 Å². The van der Waals surface area contributed by atoms with Gasteiger partial charge in [-0.3, -0.25) is 4.98 Å². The van der Waals surface area contributed by atoms with Gasteiger partial charge in [0.15, 0.2) is 0 Å². The van der Waals surface area contributed by atoms with E-state index in [-0.39, 0.29) is 6.04 Å². The minimum absolute atomic E-state index is 0.261. The largest absolute Gasteiger partial charge is 0.376 e. The number of anilines is 1. The highest BCUT2D eigenvalue weighted by Gasteiger charge is 2.10. The molecule has 1 unspecified atom stereocenters. The van der Waals surface area contributed by atoms with Crippen LogP contribution in [-0.2, 0) is 0 Å². The molecule has 1 atom stereocenters. The molecule has 0 radical (unpaired) electrons. The Hall–Kier alpha value is -1.39. The summed E-state index contributed by atoms with van der Waals surface area (Å²) in [6.07, 6.45) is 1.89.